The van der Waals surface area contributed by atoms with Gasteiger partial charge in [0.2, 0.25) is 0 Å². The Balaban J connectivity index is 2.03. The number of benzene rings is 2. The van der Waals surface area contributed by atoms with Gasteiger partial charge in [0, 0.05) is 5.56 Å². The molecule has 0 spiro atoms. The molecular formula is C13H11N3O. The first-order chi connectivity index (χ1) is 8.33. The molecule has 0 unspecified atom stereocenters. The number of nitrogens with zero attached hydrogens (tertiary/aromatic N) is 1. The van der Waals surface area contributed by atoms with E-state index >= 15 is 0 Å². The second-order valence-corrected chi connectivity index (χ2v) is 3.90. The Kier molecular flexibility index (Phi) is 2.26. The van der Waals surface area contributed by atoms with Crippen LogP contribution in [-0.4, -0.2) is 18.3 Å². The van der Waals surface area contributed by atoms with Crippen LogP contribution >= 0.6 is 0 Å². The molecule has 0 bridgehead atoms. The zero-order valence-corrected chi connectivity index (χ0v) is 9.10. The van der Waals surface area contributed by atoms with E-state index in [9.17, 15) is 4.79 Å². The normalized spacial score (nSPS) is 15.1. The maximum atomic E-state index is 11.0. The molecular weight excluding hydrogens is 214 g/mol. The van der Waals surface area contributed by atoms with Crippen molar-refractivity contribution in [3.05, 3.63) is 48.0 Å². The third-order valence-electron chi connectivity index (χ3n) is 2.72. The van der Waals surface area contributed by atoms with Crippen molar-refractivity contribution in [1.29, 1.82) is 0 Å². The van der Waals surface area contributed by atoms with Crippen LogP contribution in [-0.2, 0) is 4.79 Å². The number of rotatable bonds is 1. The molecule has 1 amide bonds. The third-order valence-corrected chi connectivity index (χ3v) is 2.72. The summed E-state index contributed by atoms with van der Waals surface area (Å²) in [5.74, 6) is 0.588. The van der Waals surface area contributed by atoms with E-state index in [1.54, 1.807) is 0 Å². The highest BCUT2D eigenvalue weighted by molar-refractivity contribution is 6.04. The summed E-state index contributed by atoms with van der Waals surface area (Å²) in [6.45, 7) is 0.176. The molecule has 3 rings (SSSR count). The topological polar surface area (TPSA) is 53.5 Å². The van der Waals surface area contributed by atoms with Gasteiger partial charge < -0.3 is 0 Å². The van der Waals surface area contributed by atoms with Gasteiger partial charge in [0.25, 0.3) is 5.91 Å². The number of amides is 1. The van der Waals surface area contributed by atoms with E-state index in [-0.39, 0.29) is 12.5 Å². The number of hydrogen-bond acceptors (Lipinski definition) is 3. The smallest absolute Gasteiger partial charge is 0.260 e. The second kappa shape index (κ2) is 3.90. The van der Waals surface area contributed by atoms with Crippen molar-refractivity contribution in [3.8, 4) is 0 Å². The van der Waals surface area contributed by atoms with Crippen LogP contribution in [0.3, 0.4) is 0 Å². The predicted molar refractivity (Wildman–Crippen MR) is 66.6 cm³/mol. The molecule has 4 nitrogen and oxygen atoms in total. The summed E-state index contributed by atoms with van der Waals surface area (Å²) >= 11 is 0. The Labute approximate surface area is 98.3 Å². The van der Waals surface area contributed by atoms with Gasteiger partial charge in [-0.3, -0.25) is 20.6 Å². The molecule has 2 aromatic rings. The molecule has 0 atom stereocenters. The van der Waals surface area contributed by atoms with E-state index in [4.69, 9.17) is 0 Å². The van der Waals surface area contributed by atoms with Crippen LogP contribution in [0.2, 0.25) is 0 Å². The lowest BCUT2D eigenvalue weighted by atomic mass is 10.1. The number of hydrogen-bond donors (Lipinski definition) is 2. The summed E-state index contributed by atoms with van der Waals surface area (Å²) in [5.41, 5.74) is 6.33. The quantitative estimate of drug-likeness (QED) is 0.766. The highest BCUT2D eigenvalue weighted by Gasteiger charge is 2.11. The number of aliphatic imine (C=N–C) groups is 1. The van der Waals surface area contributed by atoms with E-state index in [0.29, 0.717) is 5.84 Å². The van der Waals surface area contributed by atoms with Gasteiger partial charge in [-0.1, -0.05) is 36.4 Å². The van der Waals surface area contributed by atoms with Crippen molar-refractivity contribution in [1.82, 2.24) is 10.9 Å². The van der Waals surface area contributed by atoms with Gasteiger partial charge in [0.1, 0.15) is 12.4 Å². The molecule has 17 heavy (non-hydrogen) atoms. The third kappa shape index (κ3) is 1.85. The minimum absolute atomic E-state index is 0.116. The molecule has 0 fully saturated rings. The first-order valence-corrected chi connectivity index (χ1v) is 5.41. The summed E-state index contributed by atoms with van der Waals surface area (Å²) in [6, 6.07) is 14.2. The molecule has 0 radical (unpaired) electrons. The van der Waals surface area contributed by atoms with Crippen molar-refractivity contribution in [2.75, 3.05) is 6.54 Å². The molecule has 1 aliphatic heterocycles. The van der Waals surface area contributed by atoms with Gasteiger partial charge in [0.05, 0.1) is 0 Å². The number of fused-ring (bicyclic) bond motifs is 1. The van der Waals surface area contributed by atoms with E-state index in [1.807, 2.05) is 24.3 Å². The van der Waals surface area contributed by atoms with Crippen molar-refractivity contribution < 1.29 is 4.79 Å². The van der Waals surface area contributed by atoms with Gasteiger partial charge >= 0.3 is 0 Å². The van der Waals surface area contributed by atoms with Gasteiger partial charge in [-0.15, -0.1) is 0 Å². The standard InChI is InChI=1S/C13H11N3O/c17-12-8-14-13(16-15-12)11-6-5-9-3-1-2-4-10(9)7-11/h1-7H,8H2,(H,14,16)(H,15,17). The average Bonchev–Trinajstić information content (AvgIpc) is 2.39. The zero-order chi connectivity index (χ0) is 11.7. The first kappa shape index (κ1) is 9.84. The lowest BCUT2D eigenvalue weighted by molar-refractivity contribution is -0.120. The minimum Gasteiger partial charge on any atom is -0.282 e. The van der Waals surface area contributed by atoms with E-state index in [0.717, 1.165) is 10.9 Å². The maximum Gasteiger partial charge on any atom is 0.260 e. The minimum atomic E-state index is -0.116. The molecule has 0 aliphatic carbocycles. The van der Waals surface area contributed by atoms with Crippen molar-refractivity contribution in [2.45, 2.75) is 0 Å². The highest BCUT2D eigenvalue weighted by atomic mass is 16.2. The van der Waals surface area contributed by atoms with Crippen molar-refractivity contribution in [3.63, 3.8) is 0 Å². The molecule has 2 N–H and O–H groups in total. The van der Waals surface area contributed by atoms with Crippen LogP contribution in [0.1, 0.15) is 5.56 Å². The van der Waals surface area contributed by atoms with Crippen LogP contribution in [0, 0.1) is 0 Å². The van der Waals surface area contributed by atoms with Crippen LogP contribution in [0.15, 0.2) is 47.5 Å². The van der Waals surface area contributed by atoms with Gasteiger partial charge in [-0.05, 0) is 16.8 Å². The van der Waals surface area contributed by atoms with Crippen LogP contribution in [0.4, 0.5) is 0 Å². The largest absolute Gasteiger partial charge is 0.282 e. The Bertz CT molecular complexity index is 619. The summed E-state index contributed by atoms with van der Waals surface area (Å²) < 4.78 is 0. The SMILES string of the molecule is O=C1CN=C(c2ccc3ccccc3c2)NN1. The molecule has 0 saturated heterocycles. The number of nitrogens with one attached hydrogen (secondary N) is 2. The number of carbonyl (C=O) groups excluding carboxylic acids is 1. The summed E-state index contributed by atoms with van der Waals surface area (Å²) in [6.07, 6.45) is 0. The number of hydrazine groups is 1. The van der Waals surface area contributed by atoms with Crippen LogP contribution in [0.5, 0.6) is 0 Å². The number of amidine groups is 1. The fourth-order valence-electron chi connectivity index (χ4n) is 1.86. The number of carbonyl (C=O) groups is 1. The monoisotopic (exact) mass is 225 g/mol. The van der Waals surface area contributed by atoms with Gasteiger partial charge in [0.15, 0.2) is 0 Å². The molecule has 0 aromatic heterocycles. The summed E-state index contributed by atoms with van der Waals surface area (Å²) in [5, 5.41) is 2.35. The second-order valence-electron chi connectivity index (χ2n) is 3.90. The average molecular weight is 225 g/mol. The maximum absolute atomic E-state index is 11.0. The Hall–Kier alpha value is -2.36. The fraction of sp³-hybridized carbons (Fsp3) is 0.0769. The van der Waals surface area contributed by atoms with Crippen LogP contribution in [0.25, 0.3) is 10.8 Å². The Morgan fingerprint density at radius 3 is 2.59 bits per heavy atom. The van der Waals surface area contributed by atoms with Crippen molar-refractivity contribution >= 4 is 22.5 Å². The first-order valence-electron chi connectivity index (χ1n) is 5.41. The summed E-state index contributed by atoms with van der Waals surface area (Å²) in [7, 11) is 0. The lowest BCUT2D eigenvalue weighted by Crippen LogP contribution is -2.47. The highest BCUT2D eigenvalue weighted by Crippen LogP contribution is 2.15. The Morgan fingerprint density at radius 2 is 1.82 bits per heavy atom. The van der Waals surface area contributed by atoms with Gasteiger partial charge in [-0.2, -0.15) is 0 Å². The Morgan fingerprint density at radius 1 is 1.00 bits per heavy atom. The van der Waals surface area contributed by atoms with E-state index in [2.05, 4.69) is 34.0 Å². The molecule has 4 heteroatoms. The van der Waals surface area contributed by atoms with Crippen LogP contribution < -0.4 is 10.9 Å². The lowest BCUT2D eigenvalue weighted by Gasteiger charge is -2.15. The predicted octanol–water partition coefficient (Wildman–Crippen LogP) is 1.22. The molecule has 1 aliphatic rings. The van der Waals surface area contributed by atoms with E-state index < -0.39 is 0 Å². The zero-order valence-electron chi connectivity index (χ0n) is 9.10. The molecule has 2 aromatic carbocycles. The molecule has 0 saturated carbocycles. The molecule has 84 valence electrons. The van der Waals surface area contributed by atoms with Crippen molar-refractivity contribution in [2.24, 2.45) is 4.99 Å². The molecule has 1 heterocycles. The summed E-state index contributed by atoms with van der Waals surface area (Å²) in [4.78, 5) is 15.2. The van der Waals surface area contributed by atoms with E-state index in [1.165, 1.54) is 5.39 Å². The van der Waals surface area contributed by atoms with Gasteiger partial charge in [-0.25, -0.2) is 0 Å². The fourth-order valence-corrected chi connectivity index (χ4v) is 1.86.